The van der Waals surface area contributed by atoms with Gasteiger partial charge in [0.1, 0.15) is 0 Å². The maximum atomic E-state index is 11.7. The van der Waals surface area contributed by atoms with E-state index in [4.69, 9.17) is 22.1 Å². The van der Waals surface area contributed by atoms with E-state index in [-0.39, 0.29) is 17.2 Å². The fourth-order valence-corrected chi connectivity index (χ4v) is 1.58. The van der Waals surface area contributed by atoms with E-state index in [1.54, 1.807) is 24.5 Å². The summed E-state index contributed by atoms with van der Waals surface area (Å²) in [6.07, 6.45) is 3.15. The minimum absolute atomic E-state index is 0.000376. The summed E-state index contributed by atoms with van der Waals surface area (Å²) in [5.74, 6) is -0.107. The first-order chi connectivity index (χ1) is 8.66. The molecule has 0 saturated carbocycles. The smallest absolute Gasteiger partial charge is 0.340 e. The number of rotatable bonds is 3. The Balaban J connectivity index is 2.04. The van der Waals surface area contributed by atoms with Crippen LogP contribution in [0.2, 0.25) is 5.02 Å². The Morgan fingerprint density at radius 2 is 2.06 bits per heavy atom. The number of esters is 1. The van der Waals surface area contributed by atoms with Gasteiger partial charge in [-0.2, -0.15) is 0 Å². The Labute approximate surface area is 109 Å². The predicted molar refractivity (Wildman–Crippen MR) is 67.0 cm³/mol. The number of nitrogen functional groups attached to an aromatic ring is 1. The molecule has 18 heavy (non-hydrogen) atoms. The monoisotopic (exact) mass is 263 g/mol. The molecule has 2 rings (SSSR count). The fourth-order valence-electron chi connectivity index (χ4n) is 1.31. The second-order valence-electron chi connectivity index (χ2n) is 3.48. The molecule has 1 aromatic carbocycles. The highest BCUT2D eigenvalue weighted by Gasteiger charge is 2.12. The molecule has 6 heteroatoms. The van der Waals surface area contributed by atoms with Crippen LogP contribution in [-0.4, -0.2) is 15.9 Å². The Hall–Kier alpha value is -2.14. The van der Waals surface area contributed by atoms with Crippen LogP contribution in [0, 0.1) is 0 Å². The zero-order chi connectivity index (χ0) is 13.0. The van der Waals surface area contributed by atoms with Crippen molar-refractivity contribution in [3.63, 3.8) is 0 Å². The van der Waals surface area contributed by atoms with E-state index in [0.717, 1.165) is 0 Å². The number of nitrogens with zero attached hydrogens (tertiary/aromatic N) is 2. The predicted octanol–water partition coefficient (Wildman–Crippen LogP) is 2.07. The first-order valence-corrected chi connectivity index (χ1v) is 5.52. The molecule has 0 radical (unpaired) electrons. The quantitative estimate of drug-likeness (QED) is 0.677. The van der Waals surface area contributed by atoms with Gasteiger partial charge in [0.15, 0.2) is 12.4 Å². The van der Waals surface area contributed by atoms with Gasteiger partial charge in [0.2, 0.25) is 0 Å². The number of carbonyl (C=O) groups is 1. The number of ether oxygens (including phenoxy) is 1. The summed E-state index contributed by atoms with van der Waals surface area (Å²) < 4.78 is 5.05. The Bertz CT molecular complexity index is 561. The molecule has 2 aromatic rings. The van der Waals surface area contributed by atoms with E-state index in [2.05, 4.69) is 9.97 Å². The number of carbonyl (C=O) groups excluding carboxylic acids is 1. The number of halogens is 1. The van der Waals surface area contributed by atoms with Crippen LogP contribution in [0.4, 0.5) is 5.69 Å². The molecule has 0 aliphatic carbocycles. The van der Waals surface area contributed by atoms with Gasteiger partial charge in [-0.1, -0.05) is 11.6 Å². The van der Waals surface area contributed by atoms with Crippen LogP contribution in [0.15, 0.2) is 36.7 Å². The molecule has 0 fully saturated rings. The summed E-state index contributed by atoms with van der Waals surface area (Å²) >= 11 is 5.89. The van der Waals surface area contributed by atoms with Crippen molar-refractivity contribution in [2.24, 2.45) is 0 Å². The van der Waals surface area contributed by atoms with Gasteiger partial charge in [0, 0.05) is 18.1 Å². The van der Waals surface area contributed by atoms with Gasteiger partial charge in [-0.25, -0.2) is 14.8 Å². The largest absolute Gasteiger partial charge is 0.454 e. The molecular formula is C12H10ClN3O2. The second-order valence-corrected chi connectivity index (χ2v) is 3.89. The minimum atomic E-state index is -0.535. The molecule has 0 atom stereocenters. The normalized spacial score (nSPS) is 10.1. The van der Waals surface area contributed by atoms with Crippen LogP contribution < -0.4 is 5.73 Å². The second kappa shape index (κ2) is 5.46. The number of hydrogen-bond donors (Lipinski definition) is 1. The number of hydrogen-bond acceptors (Lipinski definition) is 5. The Morgan fingerprint density at radius 3 is 2.72 bits per heavy atom. The lowest BCUT2D eigenvalue weighted by Gasteiger charge is -2.05. The Kier molecular flexibility index (Phi) is 3.74. The number of benzene rings is 1. The van der Waals surface area contributed by atoms with E-state index >= 15 is 0 Å². The lowest BCUT2D eigenvalue weighted by molar-refractivity contribution is 0.0462. The first kappa shape index (κ1) is 12.3. The van der Waals surface area contributed by atoms with Gasteiger partial charge in [-0.05, 0) is 24.3 Å². The zero-order valence-electron chi connectivity index (χ0n) is 9.34. The lowest BCUT2D eigenvalue weighted by atomic mass is 10.2. The van der Waals surface area contributed by atoms with Crippen LogP contribution in [0.3, 0.4) is 0 Å². The van der Waals surface area contributed by atoms with E-state index in [0.29, 0.717) is 11.5 Å². The van der Waals surface area contributed by atoms with Crippen molar-refractivity contribution in [2.75, 3.05) is 5.73 Å². The highest BCUT2D eigenvalue weighted by Crippen LogP contribution is 2.20. The van der Waals surface area contributed by atoms with Gasteiger partial charge in [-0.3, -0.25) is 0 Å². The maximum absolute atomic E-state index is 11.7. The van der Waals surface area contributed by atoms with Crippen molar-refractivity contribution in [1.29, 1.82) is 0 Å². The minimum Gasteiger partial charge on any atom is -0.454 e. The van der Waals surface area contributed by atoms with E-state index < -0.39 is 5.97 Å². The summed E-state index contributed by atoms with van der Waals surface area (Å²) in [6.45, 7) is 0.000376. The van der Waals surface area contributed by atoms with Gasteiger partial charge in [0.05, 0.1) is 10.6 Å². The first-order valence-electron chi connectivity index (χ1n) is 5.15. The van der Waals surface area contributed by atoms with Crippen LogP contribution >= 0.6 is 11.6 Å². The molecule has 0 unspecified atom stereocenters. The number of anilines is 1. The maximum Gasteiger partial charge on any atom is 0.340 e. The molecular weight excluding hydrogens is 254 g/mol. The van der Waals surface area contributed by atoms with E-state index in [1.165, 1.54) is 12.1 Å². The number of aromatic nitrogens is 2. The summed E-state index contributed by atoms with van der Waals surface area (Å²) in [4.78, 5) is 19.6. The topological polar surface area (TPSA) is 78.1 Å². The third-order valence-corrected chi connectivity index (χ3v) is 2.48. The van der Waals surface area contributed by atoms with Crippen LogP contribution in [0.25, 0.3) is 0 Å². The summed E-state index contributed by atoms with van der Waals surface area (Å²) in [6, 6.07) is 6.28. The third-order valence-electron chi connectivity index (χ3n) is 2.16. The average molecular weight is 264 g/mol. The number of nitrogens with two attached hydrogens (primary N) is 1. The van der Waals surface area contributed by atoms with Crippen LogP contribution in [0.1, 0.15) is 16.2 Å². The highest BCUT2D eigenvalue weighted by atomic mass is 35.5. The molecule has 0 aliphatic rings. The van der Waals surface area contributed by atoms with E-state index in [1.807, 2.05) is 0 Å². The third kappa shape index (κ3) is 2.95. The molecule has 0 saturated heterocycles. The SMILES string of the molecule is Nc1ccc(C(=O)OCc2ncccn2)c(Cl)c1. The standard InChI is InChI=1S/C12H10ClN3O2/c13-10-6-8(14)2-3-9(10)12(17)18-7-11-15-4-1-5-16-11/h1-6H,7,14H2. The molecule has 2 N–H and O–H groups in total. The van der Waals surface area contributed by atoms with Gasteiger partial charge in [0.25, 0.3) is 0 Å². The molecule has 1 aromatic heterocycles. The summed E-state index contributed by atoms with van der Waals surface area (Å²) in [5, 5.41) is 0.258. The van der Waals surface area contributed by atoms with Crippen molar-refractivity contribution in [3.8, 4) is 0 Å². The van der Waals surface area contributed by atoms with Crippen LogP contribution in [0.5, 0.6) is 0 Å². The zero-order valence-corrected chi connectivity index (χ0v) is 10.1. The lowest BCUT2D eigenvalue weighted by Crippen LogP contribution is -2.08. The highest BCUT2D eigenvalue weighted by molar-refractivity contribution is 6.33. The molecule has 0 spiro atoms. The Morgan fingerprint density at radius 1 is 1.33 bits per heavy atom. The average Bonchev–Trinajstić information content (AvgIpc) is 2.37. The van der Waals surface area contributed by atoms with Gasteiger partial charge in [-0.15, -0.1) is 0 Å². The van der Waals surface area contributed by atoms with Crippen molar-refractivity contribution < 1.29 is 9.53 Å². The van der Waals surface area contributed by atoms with Gasteiger partial charge < -0.3 is 10.5 Å². The molecule has 1 heterocycles. The summed E-state index contributed by atoms with van der Waals surface area (Å²) in [7, 11) is 0. The fraction of sp³-hybridized carbons (Fsp3) is 0.0833. The van der Waals surface area contributed by atoms with E-state index in [9.17, 15) is 4.79 Å². The van der Waals surface area contributed by atoms with Crippen molar-refractivity contribution in [1.82, 2.24) is 9.97 Å². The van der Waals surface area contributed by atoms with Crippen LogP contribution in [-0.2, 0) is 11.3 Å². The molecule has 92 valence electrons. The molecule has 0 aliphatic heterocycles. The molecule has 0 bridgehead atoms. The molecule has 5 nitrogen and oxygen atoms in total. The van der Waals surface area contributed by atoms with Crippen molar-refractivity contribution in [2.45, 2.75) is 6.61 Å². The van der Waals surface area contributed by atoms with Crippen molar-refractivity contribution in [3.05, 3.63) is 53.1 Å². The summed E-state index contributed by atoms with van der Waals surface area (Å²) in [5.41, 5.74) is 6.29. The van der Waals surface area contributed by atoms with Gasteiger partial charge >= 0.3 is 5.97 Å². The molecule has 0 amide bonds. The van der Waals surface area contributed by atoms with Crippen molar-refractivity contribution >= 4 is 23.3 Å².